The second-order valence-electron chi connectivity index (χ2n) is 7.33. The SMILES string of the molecule is CN1C(=O)/C(=C/c2ccc(OCc3cccc(F)c3)c(Br)c2)SC1=Nc1ccc(C(=O)O)cc1. The molecule has 0 radical (unpaired) electrons. The van der Waals surface area contributed by atoms with Gasteiger partial charge >= 0.3 is 5.97 Å². The number of benzene rings is 3. The fourth-order valence-corrected chi connectivity index (χ4v) is 4.60. The van der Waals surface area contributed by atoms with E-state index in [9.17, 15) is 14.0 Å². The number of carboxylic acid groups (broad SMARTS) is 1. The molecule has 0 atom stereocenters. The molecule has 1 amide bonds. The van der Waals surface area contributed by atoms with Crippen LogP contribution in [0.3, 0.4) is 0 Å². The van der Waals surface area contributed by atoms with Crippen molar-refractivity contribution >= 4 is 56.5 Å². The van der Waals surface area contributed by atoms with Gasteiger partial charge in [-0.1, -0.05) is 18.2 Å². The van der Waals surface area contributed by atoms with E-state index in [1.165, 1.54) is 40.9 Å². The first kappa shape index (κ1) is 23.7. The van der Waals surface area contributed by atoms with Crippen LogP contribution < -0.4 is 4.74 Å². The summed E-state index contributed by atoms with van der Waals surface area (Å²) in [6, 6.07) is 17.8. The molecule has 3 aromatic rings. The maximum Gasteiger partial charge on any atom is 0.335 e. The van der Waals surface area contributed by atoms with Crippen LogP contribution in [-0.2, 0) is 11.4 Å². The van der Waals surface area contributed by atoms with Crippen LogP contribution in [0.5, 0.6) is 5.75 Å². The molecular formula is C25H18BrFN2O4S. The van der Waals surface area contributed by atoms with Crippen molar-refractivity contribution in [2.24, 2.45) is 4.99 Å². The zero-order valence-electron chi connectivity index (χ0n) is 17.9. The molecule has 1 heterocycles. The average molecular weight is 541 g/mol. The van der Waals surface area contributed by atoms with Gasteiger partial charge in [0.05, 0.1) is 20.6 Å². The highest BCUT2D eigenvalue weighted by atomic mass is 79.9. The van der Waals surface area contributed by atoms with Crippen molar-refractivity contribution in [3.05, 3.63) is 98.6 Å². The monoisotopic (exact) mass is 540 g/mol. The molecular weight excluding hydrogens is 523 g/mol. The zero-order valence-corrected chi connectivity index (χ0v) is 20.3. The van der Waals surface area contributed by atoms with Crippen LogP contribution in [0.1, 0.15) is 21.5 Å². The van der Waals surface area contributed by atoms with Crippen molar-refractivity contribution in [1.29, 1.82) is 0 Å². The van der Waals surface area contributed by atoms with Gasteiger partial charge in [0.2, 0.25) is 0 Å². The predicted octanol–water partition coefficient (Wildman–Crippen LogP) is 6.10. The maximum absolute atomic E-state index is 13.3. The van der Waals surface area contributed by atoms with Gasteiger partial charge in [0, 0.05) is 7.05 Å². The molecule has 1 fully saturated rings. The Bertz CT molecular complexity index is 1320. The summed E-state index contributed by atoms with van der Waals surface area (Å²) in [5, 5.41) is 9.51. The summed E-state index contributed by atoms with van der Waals surface area (Å²) in [4.78, 5) is 30.1. The van der Waals surface area contributed by atoms with E-state index >= 15 is 0 Å². The summed E-state index contributed by atoms with van der Waals surface area (Å²) in [6.07, 6.45) is 1.76. The third-order valence-corrected chi connectivity index (χ3v) is 6.56. The molecule has 6 nitrogen and oxygen atoms in total. The lowest BCUT2D eigenvalue weighted by molar-refractivity contribution is -0.121. The summed E-state index contributed by atoms with van der Waals surface area (Å²) in [5.41, 5.74) is 2.23. The first-order valence-corrected chi connectivity index (χ1v) is 11.7. The number of likely N-dealkylation sites (N-methyl/N-ethyl adjacent to an activating group) is 1. The van der Waals surface area contributed by atoms with Gasteiger partial charge in [0.25, 0.3) is 5.91 Å². The van der Waals surface area contributed by atoms with Gasteiger partial charge < -0.3 is 9.84 Å². The number of hydrogen-bond donors (Lipinski definition) is 1. The van der Waals surface area contributed by atoms with Gasteiger partial charge in [0.15, 0.2) is 5.17 Å². The molecule has 1 N–H and O–H groups in total. The van der Waals surface area contributed by atoms with E-state index in [4.69, 9.17) is 9.84 Å². The van der Waals surface area contributed by atoms with Crippen LogP contribution in [0.4, 0.5) is 10.1 Å². The van der Waals surface area contributed by atoms with Crippen LogP contribution in [0, 0.1) is 5.82 Å². The summed E-state index contributed by atoms with van der Waals surface area (Å²) < 4.78 is 19.8. The lowest BCUT2D eigenvalue weighted by Gasteiger charge is -2.09. The molecule has 0 spiro atoms. The number of aliphatic imine (C=N–C) groups is 1. The van der Waals surface area contributed by atoms with Crippen LogP contribution in [-0.4, -0.2) is 34.1 Å². The van der Waals surface area contributed by atoms with E-state index in [2.05, 4.69) is 20.9 Å². The minimum Gasteiger partial charge on any atom is -0.488 e. The molecule has 0 saturated carbocycles. The number of aromatic carboxylic acids is 1. The molecule has 34 heavy (non-hydrogen) atoms. The summed E-state index contributed by atoms with van der Waals surface area (Å²) in [6.45, 7) is 0.225. The number of halogens is 2. The third kappa shape index (κ3) is 5.55. The molecule has 172 valence electrons. The van der Waals surface area contributed by atoms with E-state index < -0.39 is 5.97 Å². The number of carboxylic acids is 1. The van der Waals surface area contributed by atoms with E-state index in [0.717, 1.165) is 11.1 Å². The molecule has 0 aromatic heterocycles. The van der Waals surface area contributed by atoms with Gasteiger partial charge in [-0.25, -0.2) is 14.2 Å². The van der Waals surface area contributed by atoms with E-state index in [1.54, 1.807) is 43.5 Å². The number of rotatable bonds is 6. The molecule has 1 aliphatic rings. The summed E-state index contributed by atoms with van der Waals surface area (Å²) >= 11 is 4.72. The van der Waals surface area contributed by atoms with Gasteiger partial charge in [-0.2, -0.15) is 0 Å². The lowest BCUT2D eigenvalue weighted by atomic mass is 10.2. The quantitative estimate of drug-likeness (QED) is 0.382. The van der Waals surface area contributed by atoms with E-state index in [1.807, 2.05) is 12.1 Å². The highest BCUT2D eigenvalue weighted by Gasteiger charge is 2.30. The van der Waals surface area contributed by atoms with Crippen molar-refractivity contribution in [1.82, 2.24) is 4.90 Å². The maximum atomic E-state index is 13.3. The number of hydrogen-bond acceptors (Lipinski definition) is 5. The van der Waals surface area contributed by atoms with Crippen LogP contribution in [0.25, 0.3) is 6.08 Å². The topological polar surface area (TPSA) is 79.2 Å². The van der Waals surface area contributed by atoms with Crippen molar-refractivity contribution in [3.8, 4) is 5.75 Å². The smallest absolute Gasteiger partial charge is 0.335 e. The Morgan fingerprint density at radius 3 is 2.62 bits per heavy atom. The Kier molecular flexibility index (Phi) is 7.14. The Morgan fingerprint density at radius 1 is 1.18 bits per heavy atom. The standard InChI is InChI=1S/C25H18BrFN2O4S/c1-29-23(30)22(34-25(29)28-19-8-6-17(7-9-19)24(31)32)13-15-5-10-21(20(26)12-15)33-14-16-3-2-4-18(27)11-16/h2-13H,14H2,1H3,(H,31,32)/b22-13-,28-25?. The van der Waals surface area contributed by atoms with Gasteiger partial charge in [0.1, 0.15) is 18.2 Å². The molecule has 1 aliphatic heterocycles. The van der Waals surface area contributed by atoms with Crippen molar-refractivity contribution in [2.75, 3.05) is 7.05 Å². The van der Waals surface area contributed by atoms with Crippen LogP contribution in [0.2, 0.25) is 0 Å². The average Bonchev–Trinajstić information content (AvgIpc) is 3.06. The molecule has 9 heteroatoms. The number of carbonyl (C=O) groups is 2. The van der Waals surface area contributed by atoms with E-state index in [0.29, 0.717) is 26.0 Å². The number of ether oxygens (including phenoxy) is 1. The second kappa shape index (κ2) is 10.2. The normalized spacial score (nSPS) is 15.9. The van der Waals surface area contributed by atoms with Gasteiger partial charge in [-0.15, -0.1) is 0 Å². The molecule has 4 rings (SSSR count). The van der Waals surface area contributed by atoms with Crippen LogP contribution in [0.15, 0.2) is 81.1 Å². The number of nitrogens with zero attached hydrogens (tertiary/aromatic N) is 2. The fourth-order valence-electron chi connectivity index (χ4n) is 3.10. The van der Waals surface area contributed by atoms with Crippen molar-refractivity contribution < 1.29 is 23.8 Å². The van der Waals surface area contributed by atoms with Crippen molar-refractivity contribution in [2.45, 2.75) is 6.61 Å². The Labute approximate surface area is 207 Å². The molecule has 3 aromatic carbocycles. The number of thioether (sulfide) groups is 1. The first-order chi connectivity index (χ1) is 16.3. The van der Waals surface area contributed by atoms with Crippen molar-refractivity contribution in [3.63, 3.8) is 0 Å². The van der Waals surface area contributed by atoms with Gasteiger partial charge in [-0.05, 0) is 93.4 Å². The summed E-state index contributed by atoms with van der Waals surface area (Å²) in [7, 11) is 1.64. The highest BCUT2D eigenvalue weighted by molar-refractivity contribution is 9.10. The van der Waals surface area contributed by atoms with Crippen LogP contribution >= 0.6 is 27.7 Å². The second-order valence-corrected chi connectivity index (χ2v) is 9.19. The molecule has 1 saturated heterocycles. The minimum atomic E-state index is -1.01. The molecule has 0 bridgehead atoms. The highest BCUT2D eigenvalue weighted by Crippen LogP contribution is 2.34. The van der Waals surface area contributed by atoms with Gasteiger partial charge in [-0.3, -0.25) is 9.69 Å². The lowest BCUT2D eigenvalue weighted by Crippen LogP contribution is -2.23. The Morgan fingerprint density at radius 2 is 1.94 bits per heavy atom. The Hall–Kier alpha value is -3.43. The predicted molar refractivity (Wildman–Crippen MR) is 134 cm³/mol. The largest absolute Gasteiger partial charge is 0.488 e. The van der Waals surface area contributed by atoms with E-state index in [-0.39, 0.29) is 23.9 Å². The number of carbonyl (C=O) groups excluding carboxylic acids is 1. The molecule has 0 aliphatic carbocycles. The summed E-state index contributed by atoms with van der Waals surface area (Å²) in [5.74, 6) is -0.913. The Balaban J connectivity index is 1.48. The zero-order chi connectivity index (χ0) is 24.2. The fraction of sp³-hybridized carbons (Fsp3) is 0.0800. The third-order valence-electron chi connectivity index (χ3n) is 4.88. The number of amidine groups is 1. The number of amides is 1. The first-order valence-electron chi connectivity index (χ1n) is 10.1. The molecule has 0 unspecified atom stereocenters. The minimum absolute atomic E-state index is 0.168.